The summed E-state index contributed by atoms with van der Waals surface area (Å²) in [5.74, 6) is 0.561. The first-order valence-corrected chi connectivity index (χ1v) is 5.58. The Morgan fingerprint density at radius 2 is 2.00 bits per heavy atom. The summed E-state index contributed by atoms with van der Waals surface area (Å²) in [7, 11) is 0. The molecule has 0 saturated carbocycles. The predicted molar refractivity (Wildman–Crippen MR) is 70.1 cm³/mol. The van der Waals surface area contributed by atoms with Crippen molar-refractivity contribution in [2.45, 2.75) is 12.5 Å². The lowest BCUT2D eigenvalue weighted by Crippen LogP contribution is -2.42. The highest BCUT2D eigenvalue weighted by molar-refractivity contribution is 5.90. The second-order valence-electron chi connectivity index (χ2n) is 4.50. The minimum Gasteiger partial charge on any atom is -0.399 e. The number of hydrogen-bond donors (Lipinski definition) is 4. The molecular formula is C12H16N4O2. The van der Waals surface area contributed by atoms with E-state index in [1.54, 1.807) is 19.1 Å². The zero-order valence-corrected chi connectivity index (χ0v) is 10.1. The number of aromatic nitrogens is 2. The van der Waals surface area contributed by atoms with Crippen LogP contribution in [0.15, 0.2) is 24.5 Å². The van der Waals surface area contributed by atoms with Gasteiger partial charge in [-0.25, -0.2) is 9.97 Å². The first-order valence-electron chi connectivity index (χ1n) is 5.58. The summed E-state index contributed by atoms with van der Waals surface area (Å²) in [6.45, 7) is 1.30. The fraction of sp³-hybridized carbons (Fsp3) is 0.333. The monoisotopic (exact) mass is 248 g/mol. The number of nitrogens with one attached hydrogen (secondary N) is 1. The number of hydrogen-bond acceptors (Lipinski definition) is 6. The van der Waals surface area contributed by atoms with Crippen LogP contribution in [0.5, 0.6) is 0 Å². The van der Waals surface area contributed by atoms with Crippen LogP contribution in [0.3, 0.4) is 0 Å². The van der Waals surface area contributed by atoms with Gasteiger partial charge < -0.3 is 21.3 Å². The number of aliphatic hydroxyl groups excluding tert-OH is 2. The van der Waals surface area contributed by atoms with Crippen molar-refractivity contribution in [3.8, 4) is 0 Å². The summed E-state index contributed by atoms with van der Waals surface area (Å²) in [6, 6.07) is 5.31. The Kier molecular flexibility index (Phi) is 3.31. The highest BCUT2D eigenvalue weighted by Crippen LogP contribution is 2.23. The molecule has 2 aromatic rings. The van der Waals surface area contributed by atoms with Crippen molar-refractivity contribution in [1.82, 2.24) is 9.97 Å². The summed E-state index contributed by atoms with van der Waals surface area (Å²) in [5, 5.41) is 22.4. The Morgan fingerprint density at radius 3 is 2.67 bits per heavy atom. The van der Waals surface area contributed by atoms with Gasteiger partial charge in [0.05, 0.1) is 24.3 Å². The molecule has 0 unspecified atom stereocenters. The number of nitrogen functional groups attached to an aromatic ring is 1. The van der Waals surface area contributed by atoms with Gasteiger partial charge in [0.2, 0.25) is 0 Å². The van der Waals surface area contributed by atoms with Crippen molar-refractivity contribution in [3.63, 3.8) is 0 Å². The third-order valence-corrected chi connectivity index (χ3v) is 2.78. The standard InChI is InChI=1S/C12H16N4O2/c1-12(5-17,6-18)16-11-9-3-2-8(13)4-10(9)14-7-15-11/h2-4,7,17-18H,5-6,13H2,1H3,(H,14,15,16). The van der Waals surface area contributed by atoms with E-state index < -0.39 is 5.54 Å². The Balaban J connectivity index is 2.45. The third-order valence-electron chi connectivity index (χ3n) is 2.78. The van der Waals surface area contributed by atoms with Gasteiger partial charge in [0.15, 0.2) is 0 Å². The molecule has 5 N–H and O–H groups in total. The number of benzene rings is 1. The smallest absolute Gasteiger partial charge is 0.137 e. The Hall–Kier alpha value is -1.92. The topological polar surface area (TPSA) is 104 Å². The maximum atomic E-state index is 9.28. The molecule has 0 aliphatic heterocycles. The maximum Gasteiger partial charge on any atom is 0.137 e. The molecular weight excluding hydrogens is 232 g/mol. The van der Waals surface area contributed by atoms with Crippen LogP contribution in [-0.2, 0) is 0 Å². The van der Waals surface area contributed by atoms with Gasteiger partial charge in [-0.3, -0.25) is 0 Å². The van der Waals surface area contributed by atoms with Crippen LogP contribution >= 0.6 is 0 Å². The molecule has 0 fully saturated rings. The zero-order valence-electron chi connectivity index (χ0n) is 10.1. The van der Waals surface area contributed by atoms with Gasteiger partial charge in [-0.15, -0.1) is 0 Å². The highest BCUT2D eigenvalue weighted by Gasteiger charge is 2.23. The molecule has 1 aromatic carbocycles. The lowest BCUT2D eigenvalue weighted by molar-refractivity contribution is 0.147. The average molecular weight is 248 g/mol. The highest BCUT2D eigenvalue weighted by atomic mass is 16.3. The first kappa shape index (κ1) is 12.5. The van der Waals surface area contributed by atoms with Gasteiger partial charge >= 0.3 is 0 Å². The van der Waals surface area contributed by atoms with Crippen LogP contribution in [0.2, 0.25) is 0 Å². The van der Waals surface area contributed by atoms with Crippen molar-refractivity contribution in [2.75, 3.05) is 24.3 Å². The summed E-state index contributed by atoms with van der Waals surface area (Å²) >= 11 is 0. The van der Waals surface area contributed by atoms with Crippen LogP contribution in [0.25, 0.3) is 10.9 Å². The summed E-state index contributed by atoms with van der Waals surface area (Å²) in [5.41, 5.74) is 6.20. The quantitative estimate of drug-likeness (QED) is 0.583. The van der Waals surface area contributed by atoms with Crippen molar-refractivity contribution < 1.29 is 10.2 Å². The molecule has 0 bridgehead atoms. The largest absolute Gasteiger partial charge is 0.399 e. The van der Waals surface area contributed by atoms with Gasteiger partial charge in [-0.2, -0.15) is 0 Å². The van der Waals surface area contributed by atoms with E-state index in [2.05, 4.69) is 15.3 Å². The minimum atomic E-state index is -0.831. The lowest BCUT2D eigenvalue weighted by Gasteiger charge is -2.27. The van der Waals surface area contributed by atoms with Crippen LogP contribution in [0.4, 0.5) is 11.5 Å². The van der Waals surface area contributed by atoms with Gasteiger partial charge in [0.25, 0.3) is 0 Å². The van der Waals surface area contributed by atoms with Crippen molar-refractivity contribution in [3.05, 3.63) is 24.5 Å². The molecule has 0 saturated heterocycles. The molecule has 1 heterocycles. The van der Waals surface area contributed by atoms with Gasteiger partial charge in [-0.1, -0.05) is 0 Å². The van der Waals surface area contributed by atoms with Crippen LogP contribution in [0, 0.1) is 0 Å². The second-order valence-corrected chi connectivity index (χ2v) is 4.50. The Labute approximate surface area is 104 Å². The van der Waals surface area contributed by atoms with E-state index in [4.69, 9.17) is 5.73 Å². The molecule has 0 aliphatic rings. The summed E-state index contributed by atoms with van der Waals surface area (Å²) in [4.78, 5) is 8.26. The fourth-order valence-electron chi connectivity index (χ4n) is 1.59. The minimum absolute atomic E-state index is 0.204. The molecule has 0 radical (unpaired) electrons. The SMILES string of the molecule is CC(CO)(CO)Nc1ncnc2cc(N)ccc12. The molecule has 6 nitrogen and oxygen atoms in total. The van der Waals surface area contributed by atoms with E-state index in [1.165, 1.54) is 6.33 Å². The zero-order chi connectivity index (χ0) is 13.2. The molecule has 6 heteroatoms. The van der Waals surface area contributed by atoms with E-state index in [0.717, 1.165) is 5.39 Å². The molecule has 0 amide bonds. The molecule has 0 spiro atoms. The number of aliphatic hydroxyl groups is 2. The fourth-order valence-corrected chi connectivity index (χ4v) is 1.59. The Morgan fingerprint density at radius 1 is 1.28 bits per heavy atom. The summed E-state index contributed by atoms with van der Waals surface area (Å²) in [6.07, 6.45) is 1.42. The van der Waals surface area contributed by atoms with Gasteiger partial charge in [-0.05, 0) is 25.1 Å². The molecule has 0 atom stereocenters. The van der Waals surface area contributed by atoms with E-state index in [-0.39, 0.29) is 13.2 Å². The van der Waals surface area contributed by atoms with Crippen molar-refractivity contribution in [2.24, 2.45) is 0 Å². The number of rotatable bonds is 4. The predicted octanol–water partition coefficient (Wildman–Crippen LogP) is 0.367. The molecule has 96 valence electrons. The van der Waals surface area contributed by atoms with Crippen molar-refractivity contribution >= 4 is 22.4 Å². The number of anilines is 2. The number of nitrogens with zero attached hydrogens (tertiary/aromatic N) is 2. The molecule has 1 aromatic heterocycles. The maximum absolute atomic E-state index is 9.28. The van der Waals surface area contributed by atoms with Gasteiger partial charge in [0.1, 0.15) is 12.1 Å². The Bertz CT molecular complexity index is 555. The van der Waals surface area contributed by atoms with Crippen LogP contribution in [0.1, 0.15) is 6.92 Å². The number of fused-ring (bicyclic) bond motifs is 1. The van der Waals surface area contributed by atoms with E-state index in [0.29, 0.717) is 17.0 Å². The first-order chi connectivity index (χ1) is 8.58. The summed E-state index contributed by atoms with van der Waals surface area (Å²) < 4.78 is 0. The number of nitrogens with two attached hydrogens (primary N) is 1. The second kappa shape index (κ2) is 4.75. The normalized spacial score (nSPS) is 11.7. The molecule has 2 rings (SSSR count). The van der Waals surface area contributed by atoms with Crippen LogP contribution < -0.4 is 11.1 Å². The van der Waals surface area contributed by atoms with Crippen molar-refractivity contribution in [1.29, 1.82) is 0 Å². The van der Waals surface area contributed by atoms with E-state index in [1.807, 2.05) is 6.07 Å². The van der Waals surface area contributed by atoms with Gasteiger partial charge in [0, 0.05) is 11.1 Å². The third kappa shape index (κ3) is 2.34. The molecule has 18 heavy (non-hydrogen) atoms. The van der Waals surface area contributed by atoms with E-state index >= 15 is 0 Å². The van der Waals surface area contributed by atoms with E-state index in [9.17, 15) is 10.2 Å². The van der Waals surface area contributed by atoms with Crippen LogP contribution in [-0.4, -0.2) is 38.9 Å². The average Bonchev–Trinajstić information content (AvgIpc) is 2.38. The lowest BCUT2D eigenvalue weighted by atomic mass is 10.1. The molecule has 0 aliphatic carbocycles.